The minimum absolute atomic E-state index is 0.0283. The molecule has 0 amide bonds. The molecule has 0 saturated heterocycles. The summed E-state index contributed by atoms with van der Waals surface area (Å²) in [5.74, 6) is -0.0283. The van der Waals surface area contributed by atoms with Gasteiger partial charge in [0.2, 0.25) is 0 Å². The van der Waals surface area contributed by atoms with Crippen LogP contribution in [-0.2, 0) is 4.79 Å². The number of thioether (sulfide) groups is 1. The van der Waals surface area contributed by atoms with Crippen LogP contribution >= 0.6 is 27.7 Å². The monoisotopic (exact) mass is 286 g/mol. The zero-order valence-corrected chi connectivity index (χ0v) is 11.6. The highest BCUT2D eigenvalue weighted by Gasteiger charge is 2.08. The largest absolute Gasteiger partial charge is 0.303 e. The molecule has 15 heavy (non-hydrogen) atoms. The fourth-order valence-electron chi connectivity index (χ4n) is 1.23. The molecule has 0 fully saturated rings. The number of hydrogen-bond acceptors (Lipinski definition) is 2. The lowest BCUT2D eigenvalue weighted by Gasteiger charge is -2.10. The van der Waals surface area contributed by atoms with E-state index in [1.54, 1.807) is 0 Å². The zero-order chi connectivity index (χ0) is 11.4. The van der Waals surface area contributed by atoms with Crippen molar-refractivity contribution in [2.24, 2.45) is 0 Å². The van der Waals surface area contributed by atoms with Gasteiger partial charge in [0.15, 0.2) is 0 Å². The molecule has 0 aromatic heterocycles. The first-order chi connectivity index (χ1) is 7.04. The standard InChI is InChI=1S/C12H15BrOS/c1-8(2)15-12-5-4-10(6-11(12)13)9(3)7-14/h4-9H,1-3H3. The topological polar surface area (TPSA) is 17.1 Å². The SMILES string of the molecule is CC(C)Sc1ccc(C(C)C=O)cc1Br. The van der Waals surface area contributed by atoms with E-state index in [1.807, 2.05) is 30.8 Å². The molecule has 1 unspecified atom stereocenters. The maximum Gasteiger partial charge on any atom is 0.127 e. The molecule has 1 aromatic rings. The lowest BCUT2D eigenvalue weighted by Crippen LogP contribution is -1.95. The van der Waals surface area contributed by atoms with E-state index in [1.165, 1.54) is 4.90 Å². The Morgan fingerprint density at radius 3 is 2.47 bits per heavy atom. The van der Waals surface area contributed by atoms with Gasteiger partial charge in [-0.15, -0.1) is 11.8 Å². The molecule has 1 atom stereocenters. The van der Waals surface area contributed by atoms with Crippen molar-refractivity contribution in [3.05, 3.63) is 28.2 Å². The number of aldehydes is 1. The summed E-state index contributed by atoms with van der Waals surface area (Å²) in [7, 11) is 0. The third-order valence-corrected chi connectivity index (χ3v) is 4.05. The maximum absolute atomic E-state index is 10.7. The van der Waals surface area contributed by atoms with Gasteiger partial charge in [-0.2, -0.15) is 0 Å². The molecular formula is C12H15BrOS. The molecule has 0 aliphatic heterocycles. The van der Waals surface area contributed by atoms with Gasteiger partial charge in [-0.25, -0.2) is 0 Å². The van der Waals surface area contributed by atoms with Gasteiger partial charge in [-0.3, -0.25) is 0 Å². The Bertz CT molecular complexity index is 349. The van der Waals surface area contributed by atoms with Crippen LogP contribution in [-0.4, -0.2) is 11.5 Å². The highest BCUT2D eigenvalue weighted by molar-refractivity contribution is 9.10. The second-order valence-corrected chi connectivity index (χ2v) is 6.25. The molecule has 1 aromatic carbocycles. The third-order valence-electron chi connectivity index (χ3n) is 2.05. The summed E-state index contributed by atoms with van der Waals surface area (Å²) in [5, 5.41) is 0.565. The van der Waals surface area contributed by atoms with E-state index < -0.39 is 0 Å². The van der Waals surface area contributed by atoms with E-state index in [0.717, 1.165) is 16.3 Å². The summed E-state index contributed by atoms with van der Waals surface area (Å²) in [6.07, 6.45) is 0.969. The average Bonchev–Trinajstić information content (AvgIpc) is 2.19. The number of benzene rings is 1. The molecule has 0 heterocycles. The van der Waals surface area contributed by atoms with Crippen molar-refractivity contribution in [1.29, 1.82) is 0 Å². The fraction of sp³-hybridized carbons (Fsp3) is 0.417. The molecule has 0 spiro atoms. The zero-order valence-electron chi connectivity index (χ0n) is 9.16. The van der Waals surface area contributed by atoms with E-state index in [0.29, 0.717) is 5.25 Å². The van der Waals surface area contributed by atoms with Crippen molar-refractivity contribution in [3.63, 3.8) is 0 Å². The molecular weight excluding hydrogens is 272 g/mol. The molecule has 1 nitrogen and oxygen atoms in total. The van der Waals surface area contributed by atoms with Gasteiger partial charge in [0.25, 0.3) is 0 Å². The van der Waals surface area contributed by atoms with Crippen LogP contribution in [0, 0.1) is 0 Å². The summed E-state index contributed by atoms with van der Waals surface area (Å²) in [4.78, 5) is 11.9. The first-order valence-corrected chi connectivity index (χ1v) is 6.63. The minimum Gasteiger partial charge on any atom is -0.303 e. The van der Waals surface area contributed by atoms with Crippen LogP contribution in [0.25, 0.3) is 0 Å². The van der Waals surface area contributed by atoms with Crippen LogP contribution in [0.1, 0.15) is 32.3 Å². The summed E-state index contributed by atoms with van der Waals surface area (Å²) in [5.41, 5.74) is 1.06. The summed E-state index contributed by atoms with van der Waals surface area (Å²) in [6.45, 7) is 6.24. The Hall–Kier alpha value is -0.280. The van der Waals surface area contributed by atoms with Crippen molar-refractivity contribution in [1.82, 2.24) is 0 Å². The number of hydrogen-bond donors (Lipinski definition) is 0. The normalized spacial score (nSPS) is 12.9. The van der Waals surface area contributed by atoms with Gasteiger partial charge in [0.05, 0.1) is 0 Å². The van der Waals surface area contributed by atoms with Crippen molar-refractivity contribution in [2.75, 3.05) is 0 Å². The Kier molecular flexibility index (Phi) is 4.87. The molecule has 0 saturated carbocycles. The minimum atomic E-state index is -0.0283. The van der Waals surface area contributed by atoms with E-state index in [4.69, 9.17) is 0 Å². The molecule has 0 radical (unpaired) electrons. The molecule has 0 N–H and O–H groups in total. The van der Waals surface area contributed by atoms with Crippen molar-refractivity contribution in [3.8, 4) is 0 Å². The van der Waals surface area contributed by atoms with Gasteiger partial charge in [0.1, 0.15) is 6.29 Å². The smallest absolute Gasteiger partial charge is 0.127 e. The van der Waals surface area contributed by atoms with Gasteiger partial charge in [-0.1, -0.05) is 26.8 Å². The van der Waals surface area contributed by atoms with Crippen molar-refractivity contribution < 1.29 is 4.79 Å². The highest BCUT2D eigenvalue weighted by Crippen LogP contribution is 2.32. The Labute approximate surface area is 104 Å². The van der Waals surface area contributed by atoms with Gasteiger partial charge in [0, 0.05) is 20.5 Å². The highest BCUT2D eigenvalue weighted by atomic mass is 79.9. The summed E-state index contributed by atoms with van der Waals surface area (Å²) < 4.78 is 1.08. The summed E-state index contributed by atoms with van der Waals surface area (Å²) >= 11 is 5.35. The van der Waals surface area contributed by atoms with Crippen LogP contribution in [0.5, 0.6) is 0 Å². The Balaban J connectivity index is 2.92. The Morgan fingerprint density at radius 1 is 1.33 bits per heavy atom. The first-order valence-electron chi connectivity index (χ1n) is 4.96. The molecule has 3 heteroatoms. The second-order valence-electron chi connectivity index (χ2n) is 3.78. The lowest BCUT2D eigenvalue weighted by atomic mass is 10.0. The second kappa shape index (κ2) is 5.71. The van der Waals surface area contributed by atoms with Crippen LogP contribution in [0.4, 0.5) is 0 Å². The molecule has 0 aliphatic carbocycles. The first kappa shape index (κ1) is 12.8. The number of carbonyl (C=O) groups excluding carboxylic acids is 1. The molecule has 0 aliphatic rings. The summed E-state index contributed by atoms with van der Waals surface area (Å²) in [6, 6.07) is 6.13. The van der Waals surface area contributed by atoms with E-state index in [2.05, 4.69) is 35.8 Å². The predicted octanol–water partition coefficient (Wildman–Crippen LogP) is 4.25. The van der Waals surface area contributed by atoms with E-state index >= 15 is 0 Å². The lowest BCUT2D eigenvalue weighted by molar-refractivity contribution is -0.108. The average molecular weight is 287 g/mol. The van der Waals surface area contributed by atoms with Crippen LogP contribution < -0.4 is 0 Å². The number of halogens is 1. The Morgan fingerprint density at radius 2 is 2.00 bits per heavy atom. The van der Waals surface area contributed by atoms with E-state index in [-0.39, 0.29) is 5.92 Å². The molecule has 1 rings (SSSR count). The molecule has 0 bridgehead atoms. The fourth-order valence-corrected chi connectivity index (χ4v) is 2.73. The van der Waals surface area contributed by atoms with Crippen molar-refractivity contribution in [2.45, 2.75) is 36.8 Å². The third kappa shape index (κ3) is 3.65. The number of rotatable bonds is 4. The van der Waals surface area contributed by atoms with Gasteiger partial charge >= 0.3 is 0 Å². The predicted molar refractivity (Wildman–Crippen MR) is 69.6 cm³/mol. The number of carbonyl (C=O) groups is 1. The van der Waals surface area contributed by atoms with Gasteiger partial charge in [-0.05, 0) is 33.6 Å². The van der Waals surface area contributed by atoms with Crippen LogP contribution in [0.3, 0.4) is 0 Å². The van der Waals surface area contributed by atoms with Gasteiger partial charge < -0.3 is 4.79 Å². The van der Waals surface area contributed by atoms with Crippen molar-refractivity contribution >= 4 is 34.0 Å². The van der Waals surface area contributed by atoms with Crippen LogP contribution in [0.15, 0.2) is 27.6 Å². The molecule has 82 valence electrons. The maximum atomic E-state index is 10.7. The van der Waals surface area contributed by atoms with Crippen LogP contribution in [0.2, 0.25) is 0 Å². The van der Waals surface area contributed by atoms with E-state index in [9.17, 15) is 4.79 Å². The quantitative estimate of drug-likeness (QED) is 0.608.